The highest BCUT2D eigenvalue weighted by molar-refractivity contribution is 6.07. The van der Waals surface area contributed by atoms with Crippen LogP contribution in [0.5, 0.6) is 5.75 Å². The molecule has 2 amide bonds. The van der Waals surface area contributed by atoms with Crippen LogP contribution >= 0.6 is 0 Å². The van der Waals surface area contributed by atoms with Crippen LogP contribution in [0.3, 0.4) is 0 Å². The van der Waals surface area contributed by atoms with E-state index in [-0.39, 0.29) is 24.9 Å². The zero-order chi connectivity index (χ0) is 22.9. The van der Waals surface area contributed by atoms with Gasteiger partial charge in [-0.25, -0.2) is 0 Å². The number of aliphatic hydroxyl groups excluding tert-OH is 1. The first-order valence-electron chi connectivity index (χ1n) is 9.93. The Morgan fingerprint density at radius 3 is 2.78 bits per heavy atom. The van der Waals surface area contributed by atoms with Crippen LogP contribution in [0.25, 0.3) is 5.57 Å². The molecule has 0 aromatic heterocycles. The van der Waals surface area contributed by atoms with E-state index in [0.29, 0.717) is 41.0 Å². The zero-order valence-corrected chi connectivity index (χ0v) is 16.8. The van der Waals surface area contributed by atoms with Crippen molar-refractivity contribution in [2.75, 3.05) is 29.2 Å². The highest BCUT2D eigenvalue weighted by Crippen LogP contribution is 2.38. The molecule has 2 aliphatic heterocycles. The third-order valence-corrected chi connectivity index (χ3v) is 5.18. The van der Waals surface area contributed by atoms with Crippen molar-refractivity contribution < 1.29 is 32.6 Å². The fourth-order valence-electron chi connectivity index (χ4n) is 3.60. The summed E-state index contributed by atoms with van der Waals surface area (Å²) in [5, 5.41) is 17.5. The first kappa shape index (κ1) is 21.7. The van der Waals surface area contributed by atoms with Crippen LogP contribution in [0.15, 0.2) is 42.5 Å². The number of halogens is 3. The van der Waals surface area contributed by atoms with Crippen molar-refractivity contribution in [3.05, 3.63) is 53.6 Å². The number of aliphatic hydroxyl groups is 1. The number of hydrogen-bond donors (Lipinski definition) is 4. The van der Waals surface area contributed by atoms with Crippen molar-refractivity contribution in [3.63, 3.8) is 0 Å². The number of amides is 2. The van der Waals surface area contributed by atoms with E-state index in [2.05, 4.69) is 16.0 Å². The number of carbonyl (C=O) groups is 2. The number of alkyl halides is 3. The second kappa shape index (κ2) is 8.54. The lowest BCUT2D eigenvalue weighted by atomic mass is 9.99. The molecule has 0 aliphatic carbocycles. The minimum atomic E-state index is -4.49. The molecule has 32 heavy (non-hydrogen) atoms. The van der Waals surface area contributed by atoms with Crippen molar-refractivity contribution in [1.29, 1.82) is 0 Å². The number of ether oxygens (including phenoxy) is 1. The summed E-state index contributed by atoms with van der Waals surface area (Å²) >= 11 is 0. The van der Waals surface area contributed by atoms with Gasteiger partial charge in [0.1, 0.15) is 11.8 Å². The van der Waals surface area contributed by atoms with Crippen LogP contribution in [0.1, 0.15) is 24.0 Å². The van der Waals surface area contributed by atoms with Crippen molar-refractivity contribution in [2.24, 2.45) is 0 Å². The SMILES string of the molecule is O=C(C=C1CCCOc2cc(C(F)(F)F)ccc21)Nc1ccc2c(c1)NC(=O)C(CO)N2. The molecule has 1 unspecified atom stereocenters. The van der Waals surface area contributed by atoms with Crippen LogP contribution in [-0.4, -0.2) is 36.2 Å². The fourth-order valence-corrected chi connectivity index (χ4v) is 3.60. The predicted octanol–water partition coefficient (Wildman–Crippen LogP) is 3.63. The summed E-state index contributed by atoms with van der Waals surface area (Å²) in [5.74, 6) is -0.757. The lowest BCUT2D eigenvalue weighted by Gasteiger charge is -2.25. The molecular formula is C22H20F3N3O4. The maximum atomic E-state index is 13.0. The molecule has 0 radical (unpaired) electrons. The molecule has 0 fully saturated rings. The molecule has 0 saturated heterocycles. The van der Waals surface area contributed by atoms with Crippen molar-refractivity contribution in [1.82, 2.24) is 0 Å². The summed E-state index contributed by atoms with van der Waals surface area (Å²) in [6.45, 7) is -0.105. The van der Waals surface area contributed by atoms with Crippen molar-refractivity contribution in [3.8, 4) is 5.75 Å². The fraction of sp³-hybridized carbons (Fsp3) is 0.273. The zero-order valence-electron chi connectivity index (χ0n) is 16.8. The van der Waals surface area contributed by atoms with Gasteiger partial charge in [-0.2, -0.15) is 13.2 Å². The molecule has 2 aromatic rings. The Morgan fingerprint density at radius 1 is 1.22 bits per heavy atom. The Hall–Kier alpha value is -3.53. The molecule has 4 rings (SSSR count). The molecule has 10 heteroatoms. The van der Waals surface area contributed by atoms with Gasteiger partial charge < -0.3 is 25.8 Å². The lowest BCUT2D eigenvalue weighted by molar-refractivity contribution is -0.137. The quantitative estimate of drug-likeness (QED) is 0.539. The maximum absolute atomic E-state index is 13.0. The second-order valence-corrected chi connectivity index (χ2v) is 7.45. The standard InChI is InChI=1S/C22H20F3N3O4/c23-22(24,25)13-3-5-15-12(2-1-7-32-19(15)9-13)8-20(30)26-14-4-6-16-17(10-14)28-21(31)18(11-29)27-16/h3-6,8-10,18,27,29H,1-2,7,11H2,(H,26,30)(H,28,31). The molecule has 1 atom stereocenters. The molecule has 0 spiro atoms. The summed E-state index contributed by atoms with van der Waals surface area (Å²) in [7, 11) is 0. The summed E-state index contributed by atoms with van der Waals surface area (Å²) in [5.41, 5.74) is 1.70. The minimum Gasteiger partial charge on any atom is -0.493 e. The number of benzene rings is 2. The largest absolute Gasteiger partial charge is 0.493 e. The Balaban J connectivity index is 1.55. The van der Waals surface area contributed by atoms with Gasteiger partial charge in [-0.1, -0.05) is 6.07 Å². The summed E-state index contributed by atoms with van der Waals surface area (Å²) in [6, 6.07) is 7.36. The molecule has 2 aromatic carbocycles. The van der Waals surface area contributed by atoms with Gasteiger partial charge in [0.25, 0.3) is 0 Å². The number of anilines is 3. The average molecular weight is 447 g/mol. The number of nitrogens with one attached hydrogen (secondary N) is 3. The van der Waals surface area contributed by atoms with Crippen LogP contribution in [0.4, 0.5) is 30.2 Å². The first-order valence-corrected chi connectivity index (χ1v) is 9.93. The van der Waals surface area contributed by atoms with Gasteiger partial charge in [-0.3, -0.25) is 9.59 Å². The first-order chi connectivity index (χ1) is 15.2. The van der Waals surface area contributed by atoms with Crippen LogP contribution in [0, 0.1) is 0 Å². The van der Waals surface area contributed by atoms with Gasteiger partial charge in [0.15, 0.2) is 0 Å². The summed E-state index contributed by atoms with van der Waals surface area (Å²) in [4.78, 5) is 24.5. The number of carbonyl (C=O) groups excluding carboxylic acids is 2. The maximum Gasteiger partial charge on any atom is 0.416 e. The summed E-state index contributed by atoms with van der Waals surface area (Å²) < 4.78 is 44.5. The van der Waals surface area contributed by atoms with Crippen LogP contribution in [0.2, 0.25) is 0 Å². The Labute approximate surface area is 181 Å². The van der Waals surface area contributed by atoms with Gasteiger partial charge in [0, 0.05) is 17.3 Å². The highest BCUT2D eigenvalue weighted by Gasteiger charge is 2.32. The third kappa shape index (κ3) is 4.54. The van der Waals surface area contributed by atoms with E-state index in [4.69, 9.17) is 4.74 Å². The normalized spacial score (nSPS) is 19.1. The smallest absolute Gasteiger partial charge is 0.416 e. The van der Waals surface area contributed by atoms with E-state index in [0.717, 1.165) is 12.1 Å². The van der Waals surface area contributed by atoms with E-state index >= 15 is 0 Å². The van der Waals surface area contributed by atoms with Gasteiger partial charge in [0.2, 0.25) is 11.8 Å². The number of rotatable bonds is 3. The highest BCUT2D eigenvalue weighted by atomic mass is 19.4. The Bertz CT molecular complexity index is 1100. The Morgan fingerprint density at radius 2 is 2.03 bits per heavy atom. The predicted molar refractivity (Wildman–Crippen MR) is 112 cm³/mol. The lowest BCUT2D eigenvalue weighted by Crippen LogP contribution is -2.41. The Kier molecular flexibility index (Phi) is 5.79. The van der Waals surface area contributed by atoms with Gasteiger partial charge in [-0.05, 0) is 48.7 Å². The molecule has 7 nitrogen and oxygen atoms in total. The molecule has 4 N–H and O–H groups in total. The van der Waals surface area contributed by atoms with E-state index in [1.165, 1.54) is 12.1 Å². The molecular weight excluding hydrogens is 427 g/mol. The third-order valence-electron chi connectivity index (χ3n) is 5.18. The molecule has 0 saturated carbocycles. The molecule has 2 heterocycles. The monoisotopic (exact) mass is 447 g/mol. The van der Waals surface area contributed by atoms with Crippen LogP contribution < -0.4 is 20.7 Å². The molecule has 0 bridgehead atoms. The minimum absolute atomic E-state index is 0.0948. The summed E-state index contributed by atoms with van der Waals surface area (Å²) in [6.07, 6.45) is -2.12. The van der Waals surface area contributed by atoms with E-state index < -0.39 is 23.7 Å². The van der Waals surface area contributed by atoms with Crippen molar-refractivity contribution in [2.45, 2.75) is 25.1 Å². The van der Waals surface area contributed by atoms with Crippen LogP contribution in [-0.2, 0) is 15.8 Å². The van der Waals surface area contributed by atoms with Gasteiger partial charge in [-0.15, -0.1) is 0 Å². The van der Waals surface area contributed by atoms with Gasteiger partial charge in [0.05, 0.1) is 30.2 Å². The molecule has 168 valence electrons. The van der Waals surface area contributed by atoms with E-state index in [9.17, 15) is 27.9 Å². The van der Waals surface area contributed by atoms with Gasteiger partial charge >= 0.3 is 6.18 Å². The van der Waals surface area contributed by atoms with E-state index in [1.807, 2.05) is 0 Å². The van der Waals surface area contributed by atoms with E-state index in [1.54, 1.807) is 18.2 Å². The topological polar surface area (TPSA) is 99.7 Å². The number of fused-ring (bicyclic) bond motifs is 2. The van der Waals surface area contributed by atoms with Crippen molar-refractivity contribution >= 4 is 34.4 Å². The molecule has 2 aliphatic rings. The number of hydrogen-bond acceptors (Lipinski definition) is 5. The average Bonchev–Trinajstić information content (AvgIpc) is 2.94. The second-order valence-electron chi connectivity index (χ2n) is 7.45. The number of allylic oxidation sites excluding steroid dienone is 1.